The normalized spacial score (nSPS) is 10.2. The fraction of sp³-hybridized carbons (Fsp3) is 0.182. The second-order valence-electron chi connectivity index (χ2n) is 3.71. The summed E-state index contributed by atoms with van der Waals surface area (Å²) in [5.74, 6) is 3.98. The Morgan fingerprint density at radius 2 is 1.85 bits per heavy atom. The van der Waals surface area contributed by atoms with Crippen LogP contribution in [0.15, 0.2) is 29.4 Å². The average molecular weight is 279 g/mol. The highest BCUT2D eigenvalue weighted by Gasteiger charge is 2.04. The van der Waals surface area contributed by atoms with Crippen LogP contribution in [0, 0.1) is 10.1 Å². The Morgan fingerprint density at radius 3 is 2.40 bits per heavy atom. The summed E-state index contributed by atoms with van der Waals surface area (Å²) in [6.45, 7) is 0. The lowest BCUT2D eigenvalue weighted by molar-refractivity contribution is -0.384. The maximum atomic E-state index is 11.3. The number of carbonyl (C=O) groups excluding carboxylic acids is 2. The molecule has 0 aromatic heterocycles. The lowest BCUT2D eigenvalue weighted by Crippen LogP contribution is -2.31. The molecule has 0 aliphatic rings. The molecule has 0 radical (unpaired) electrons. The van der Waals surface area contributed by atoms with Crippen LogP contribution in [0.4, 0.5) is 5.69 Å². The molecule has 4 N–H and O–H groups in total. The van der Waals surface area contributed by atoms with Gasteiger partial charge in [-0.1, -0.05) is 0 Å². The standard InChI is InChI=1S/C11H13N5O4/c12-14-10(17)5-6-11(18)15-13-7-8-1-3-9(4-2-8)16(19)20/h1-4,7H,5-6,12H2,(H,14,17)(H,15,18)/b13-7+. The largest absolute Gasteiger partial charge is 0.294 e. The maximum absolute atomic E-state index is 11.3. The summed E-state index contributed by atoms with van der Waals surface area (Å²) in [5, 5.41) is 14.1. The van der Waals surface area contributed by atoms with Gasteiger partial charge in [-0.2, -0.15) is 5.10 Å². The van der Waals surface area contributed by atoms with Crippen molar-refractivity contribution in [2.75, 3.05) is 0 Å². The van der Waals surface area contributed by atoms with Gasteiger partial charge in [0.25, 0.3) is 5.69 Å². The van der Waals surface area contributed by atoms with Crippen molar-refractivity contribution in [1.29, 1.82) is 0 Å². The van der Waals surface area contributed by atoms with Gasteiger partial charge in [-0.25, -0.2) is 11.3 Å². The first-order valence-electron chi connectivity index (χ1n) is 5.58. The van der Waals surface area contributed by atoms with Gasteiger partial charge in [-0.15, -0.1) is 0 Å². The molecule has 1 aromatic carbocycles. The molecule has 0 aliphatic heterocycles. The molecule has 0 fully saturated rings. The molecule has 0 unspecified atom stereocenters. The SMILES string of the molecule is NNC(=O)CCC(=O)N/N=C/c1ccc([N+](=O)[O-])cc1. The summed E-state index contributed by atoms with van der Waals surface area (Å²) in [6, 6.07) is 5.65. The molecule has 106 valence electrons. The van der Waals surface area contributed by atoms with E-state index in [1.54, 1.807) is 0 Å². The van der Waals surface area contributed by atoms with Gasteiger partial charge in [0.15, 0.2) is 0 Å². The van der Waals surface area contributed by atoms with E-state index in [9.17, 15) is 19.7 Å². The zero-order chi connectivity index (χ0) is 15.0. The predicted molar refractivity (Wildman–Crippen MR) is 70.4 cm³/mol. The zero-order valence-corrected chi connectivity index (χ0v) is 10.4. The first kappa shape index (κ1) is 15.2. The van der Waals surface area contributed by atoms with Crippen molar-refractivity contribution in [3.8, 4) is 0 Å². The van der Waals surface area contributed by atoms with Crippen LogP contribution in [0.2, 0.25) is 0 Å². The highest BCUT2D eigenvalue weighted by atomic mass is 16.6. The van der Waals surface area contributed by atoms with Gasteiger partial charge in [0.05, 0.1) is 11.1 Å². The van der Waals surface area contributed by atoms with Crippen molar-refractivity contribution in [1.82, 2.24) is 10.9 Å². The summed E-state index contributed by atoms with van der Waals surface area (Å²) in [5.41, 5.74) is 4.69. The number of nitrogens with one attached hydrogen (secondary N) is 2. The maximum Gasteiger partial charge on any atom is 0.269 e. The van der Waals surface area contributed by atoms with E-state index in [-0.39, 0.29) is 18.5 Å². The number of hydrogen-bond donors (Lipinski definition) is 3. The van der Waals surface area contributed by atoms with Crippen LogP contribution < -0.4 is 16.7 Å². The highest BCUT2D eigenvalue weighted by Crippen LogP contribution is 2.10. The van der Waals surface area contributed by atoms with Crippen molar-refractivity contribution in [3.63, 3.8) is 0 Å². The third-order valence-corrected chi connectivity index (χ3v) is 2.25. The second kappa shape index (κ2) is 7.59. The molecule has 0 bridgehead atoms. The Balaban J connectivity index is 2.42. The van der Waals surface area contributed by atoms with E-state index in [0.717, 1.165) is 0 Å². The molecule has 9 heteroatoms. The Kier molecular flexibility index (Phi) is 5.78. The number of amides is 2. The third-order valence-electron chi connectivity index (χ3n) is 2.25. The Morgan fingerprint density at radius 1 is 1.25 bits per heavy atom. The molecular formula is C11H13N5O4. The first-order chi connectivity index (χ1) is 9.52. The van der Waals surface area contributed by atoms with Gasteiger partial charge in [0.1, 0.15) is 0 Å². The number of nitrogens with zero attached hydrogens (tertiary/aromatic N) is 2. The predicted octanol–water partition coefficient (Wildman–Crippen LogP) is -0.185. The number of rotatable bonds is 6. The van der Waals surface area contributed by atoms with Crippen LogP contribution >= 0.6 is 0 Å². The lowest BCUT2D eigenvalue weighted by Gasteiger charge is -1.99. The highest BCUT2D eigenvalue weighted by molar-refractivity contribution is 5.85. The Hall–Kier alpha value is -2.81. The van der Waals surface area contributed by atoms with Crippen molar-refractivity contribution in [2.24, 2.45) is 10.9 Å². The van der Waals surface area contributed by atoms with Crippen molar-refractivity contribution in [2.45, 2.75) is 12.8 Å². The zero-order valence-electron chi connectivity index (χ0n) is 10.4. The van der Waals surface area contributed by atoms with Gasteiger partial charge in [0.2, 0.25) is 11.8 Å². The number of nitro benzene ring substituents is 1. The van der Waals surface area contributed by atoms with Crippen molar-refractivity contribution >= 4 is 23.7 Å². The topological polar surface area (TPSA) is 140 Å². The second-order valence-corrected chi connectivity index (χ2v) is 3.71. The van der Waals surface area contributed by atoms with Gasteiger partial charge >= 0.3 is 0 Å². The quantitative estimate of drug-likeness (QED) is 0.218. The van der Waals surface area contributed by atoms with E-state index in [1.807, 2.05) is 5.43 Å². The van der Waals surface area contributed by atoms with Crippen LogP contribution in [0.1, 0.15) is 18.4 Å². The minimum Gasteiger partial charge on any atom is -0.294 e. The summed E-state index contributed by atoms with van der Waals surface area (Å²) >= 11 is 0. The summed E-state index contributed by atoms with van der Waals surface area (Å²) in [7, 11) is 0. The number of nitrogens with two attached hydrogens (primary N) is 1. The molecule has 0 saturated heterocycles. The molecule has 0 atom stereocenters. The average Bonchev–Trinajstić information content (AvgIpc) is 2.45. The molecule has 0 aliphatic carbocycles. The Labute approximate surface area is 114 Å². The molecule has 0 saturated carbocycles. The molecular weight excluding hydrogens is 266 g/mol. The minimum atomic E-state index is -0.509. The van der Waals surface area contributed by atoms with E-state index in [1.165, 1.54) is 30.5 Å². The Bertz CT molecular complexity index is 526. The van der Waals surface area contributed by atoms with E-state index in [0.29, 0.717) is 5.56 Å². The summed E-state index contributed by atoms with van der Waals surface area (Å²) < 4.78 is 0. The van der Waals surface area contributed by atoms with Crippen LogP contribution in [-0.2, 0) is 9.59 Å². The molecule has 9 nitrogen and oxygen atoms in total. The number of nitro groups is 1. The minimum absolute atomic E-state index is 0.0287. The van der Waals surface area contributed by atoms with Crippen LogP contribution in [0.5, 0.6) is 0 Å². The van der Waals surface area contributed by atoms with E-state index in [4.69, 9.17) is 5.84 Å². The van der Waals surface area contributed by atoms with Gasteiger partial charge in [0, 0.05) is 25.0 Å². The van der Waals surface area contributed by atoms with Crippen LogP contribution in [0.3, 0.4) is 0 Å². The third kappa shape index (κ3) is 5.23. The van der Waals surface area contributed by atoms with E-state index >= 15 is 0 Å². The van der Waals surface area contributed by atoms with Crippen LogP contribution in [0.25, 0.3) is 0 Å². The molecule has 0 spiro atoms. The van der Waals surface area contributed by atoms with Gasteiger partial charge in [-0.3, -0.25) is 25.1 Å². The fourth-order valence-electron chi connectivity index (χ4n) is 1.22. The first-order valence-corrected chi connectivity index (χ1v) is 5.58. The van der Waals surface area contributed by atoms with Crippen molar-refractivity contribution < 1.29 is 14.5 Å². The van der Waals surface area contributed by atoms with Gasteiger partial charge < -0.3 is 0 Å². The van der Waals surface area contributed by atoms with E-state index < -0.39 is 16.7 Å². The van der Waals surface area contributed by atoms with E-state index in [2.05, 4.69) is 10.5 Å². The van der Waals surface area contributed by atoms with Crippen LogP contribution in [-0.4, -0.2) is 23.0 Å². The fourth-order valence-corrected chi connectivity index (χ4v) is 1.22. The number of non-ortho nitro benzene ring substituents is 1. The monoisotopic (exact) mass is 279 g/mol. The summed E-state index contributed by atoms with van der Waals surface area (Å²) in [6.07, 6.45) is 1.26. The lowest BCUT2D eigenvalue weighted by atomic mass is 10.2. The number of hydrazine groups is 1. The van der Waals surface area contributed by atoms with Gasteiger partial charge in [-0.05, 0) is 17.7 Å². The smallest absolute Gasteiger partial charge is 0.269 e. The molecule has 0 heterocycles. The summed E-state index contributed by atoms with van der Waals surface area (Å²) in [4.78, 5) is 32.0. The number of hydrogen-bond acceptors (Lipinski definition) is 6. The number of hydrazone groups is 1. The number of benzene rings is 1. The molecule has 2 amide bonds. The van der Waals surface area contributed by atoms with Crippen molar-refractivity contribution in [3.05, 3.63) is 39.9 Å². The molecule has 20 heavy (non-hydrogen) atoms. The molecule has 1 rings (SSSR count). The number of carbonyl (C=O) groups is 2. The molecule has 1 aromatic rings.